The third kappa shape index (κ3) is 1.04. The second kappa shape index (κ2) is 2.05. The summed E-state index contributed by atoms with van der Waals surface area (Å²) in [5.41, 5.74) is 0.428. The van der Waals surface area contributed by atoms with Gasteiger partial charge in [0.1, 0.15) is 7.28 Å². The smallest absolute Gasteiger partial charge is 0.0670 e. The normalized spacial score (nSPS) is 43.5. The molecule has 1 aliphatic rings. The number of rotatable bonds is 1. The molecule has 0 aromatic heterocycles. The van der Waals surface area contributed by atoms with E-state index >= 15 is 0 Å². The van der Waals surface area contributed by atoms with Crippen molar-refractivity contribution in [3.63, 3.8) is 0 Å². The molecular formula is C10H20B. The molecule has 1 heteroatoms. The van der Waals surface area contributed by atoms with Crippen molar-refractivity contribution in [1.82, 2.24) is 0 Å². The molecule has 0 aromatic rings. The van der Waals surface area contributed by atoms with Gasteiger partial charge in [-0.05, 0) is 5.41 Å². The van der Waals surface area contributed by atoms with Crippen LogP contribution in [0.5, 0.6) is 0 Å². The third-order valence-electron chi connectivity index (χ3n) is 4.00. The zero-order valence-electron chi connectivity index (χ0n) is 8.78. The minimum atomic E-state index is 0.428. The molecule has 0 bridgehead atoms. The Hall–Kier alpha value is 0.0649. The van der Waals surface area contributed by atoms with Crippen molar-refractivity contribution in [2.75, 3.05) is 0 Å². The van der Waals surface area contributed by atoms with Crippen LogP contribution in [0.1, 0.15) is 48.0 Å². The highest BCUT2D eigenvalue weighted by Crippen LogP contribution is 2.77. The SMILES string of the molecule is CCC1(C)[B]C1(C)C(C)(C)C. The van der Waals surface area contributed by atoms with Crippen LogP contribution in [0.4, 0.5) is 0 Å². The molecule has 1 fully saturated rings. The standard InChI is InChI=1S/C10H20B/c1-7-9(5)10(6,11-9)8(2,3)4/h7H2,1-6H3. The quantitative estimate of drug-likeness (QED) is 0.503. The van der Waals surface area contributed by atoms with Gasteiger partial charge in [0.25, 0.3) is 0 Å². The van der Waals surface area contributed by atoms with Gasteiger partial charge < -0.3 is 0 Å². The van der Waals surface area contributed by atoms with E-state index in [-0.39, 0.29) is 0 Å². The Labute approximate surface area is 72.0 Å². The summed E-state index contributed by atoms with van der Waals surface area (Å²) >= 11 is 0. The second-order valence-electron chi connectivity index (χ2n) is 5.37. The van der Waals surface area contributed by atoms with Crippen LogP contribution >= 0.6 is 0 Å². The van der Waals surface area contributed by atoms with Crippen molar-refractivity contribution in [2.45, 2.75) is 58.6 Å². The summed E-state index contributed by atoms with van der Waals surface area (Å²) in [5, 5.41) is 0.972. The fourth-order valence-electron chi connectivity index (χ4n) is 2.14. The van der Waals surface area contributed by atoms with Crippen molar-refractivity contribution < 1.29 is 0 Å². The molecule has 0 aliphatic carbocycles. The third-order valence-corrected chi connectivity index (χ3v) is 4.00. The van der Waals surface area contributed by atoms with E-state index in [4.69, 9.17) is 0 Å². The fourth-order valence-corrected chi connectivity index (χ4v) is 2.14. The summed E-state index contributed by atoms with van der Waals surface area (Å²) in [6.45, 7) is 14.1. The summed E-state index contributed by atoms with van der Waals surface area (Å²) in [4.78, 5) is 0. The average molecular weight is 151 g/mol. The molecule has 1 heterocycles. The molecule has 0 spiro atoms. The van der Waals surface area contributed by atoms with Gasteiger partial charge in [-0.3, -0.25) is 0 Å². The van der Waals surface area contributed by atoms with Crippen LogP contribution in [0.15, 0.2) is 0 Å². The molecule has 0 saturated carbocycles. The highest BCUT2D eigenvalue weighted by atomic mass is 14.6. The lowest BCUT2D eigenvalue weighted by Gasteiger charge is -2.33. The van der Waals surface area contributed by atoms with E-state index in [0.29, 0.717) is 16.0 Å². The minimum absolute atomic E-state index is 0.428. The molecule has 1 saturated heterocycles. The number of hydrogen-bond donors (Lipinski definition) is 0. The lowest BCUT2D eigenvalue weighted by atomic mass is 9.69. The van der Waals surface area contributed by atoms with E-state index in [0.717, 1.165) is 0 Å². The van der Waals surface area contributed by atoms with Crippen LogP contribution in [-0.2, 0) is 0 Å². The highest BCUT2D eigenvalue weighted by molar-refractivity contribution is 6.60. The molecule has 11 heavy (non-hydrogen) atoms. The van der Waals surface area contributed by atoms with Gasteiger partial charge in [-0.25, -0.2) is 0 Å². The molecule has 0 N–H and O–H groups in total. The maximum atomic E-state index is 2.51. The van der Waals surface area contributed by atoms with Crippen LogP contribution in [0, 0.1) is 5.41 Å². The summed E-state index contributed by atoms with van der Waals surface area (Å²) < 4.78 is 0. The van der Waals surface area contributed by atoms with Crippen molar-refractivity contribution >= 4 is 7.28 Å². The minimum Gasteiger partial charge on any atom is -0.0670 e. The van der Waals surface area contributed by atoms with Crippen LogP contribution in [0.2, 0.25) is 10.6 Å². The van der Waals surface area contributed by atoms with Gasteiger partial charge in [0.15, 0.2) is 0 Å². The number of hydrogen-bond acceptors (Lipinski definition) is 0. The van der Waals surface area contributed by atoms with Crippen LogP contribution in [-0.4, -0.2) is 7.28 Å². The van der Waals surface area contributed by atoms with Crippen LogP contribution in [0.3, 0.4) is 0 Å². The first-order valence-electron chi connectivity index (χ1n) is 4.64. The van der Waals surface area contributed by atoms with Crippen LogP contribution in [0.25, 0.3) is 0 Å². The van der Waals surface area contributed by atoms with Gasteiger partial charge >= 0.3 is 0 Å². The Kier molecular flexibility index (Phi) is 1.71. The Bertz CT molecular complexity index is 168. The second-order valence-corrected chi connectivity index (χ2v) is 5.37. The molecule has 1 radical (unpaired) electrons. The Balaban J connectivity index is 2.77. The molecule has 2 atom stereocenters. The molecule has 0 nitrogen and oxygen atoms in total. The predicted molar refractivity (Wildman–Crippen MR) is 52.2 cm³/mol. The van der Waals surface area contributed by atoms with E-state index in [1.54, 1.807) is 0 Å². The average Bonchev–Trinajstić information content (AvgIpc) is 2.38. The molecule has 0 aromatic carbocycles. The maximum absolute atomic E-state index is 2.51. The Morgan fingerprint density at radius 3 is 1.73 bits per heavy atom. The maximum Gasteiger partial charge on any atom is 0.125 e. The van der Waals surface area contributed by atoms with E-state index in [2.05, 4.69) is 48.8 Å². The Morgan fingerprint density at radius 2 is 1.64 bits per heavy atom. The summed E-state index contributed by atoms with van der Waals surface area (Å²) in [5.74, 6) is 0. The van der Waals surface area contributed by atoms with Crippen LogP contribution < -0.4 is 0 Å². The van der Waals surface area contributed by atoms with Gasteiger partial charge in [0.05, 0.1) is 0 Å². The first-order chi connectivity index (χ1) is 4.77. The molecule has 1 rings (SSSR count). The zero-order chi connectivity index (χ0) is 8.91. The summed E-state index contributed by atoms with van der Waals surface area (Å²) in [6.07, 6.45) is 1.28. The lowest BCUT2D eigenvalue weighted by molar-refractivity contribution is 0.278. The van der Waals surface area contributed by atoms with Gasteiger partial charge in [0, 0.05) is 0 Å². The van der Waals surface area contributed by atoms with E-state index in [1.165, 1.54) is 6.42 Å². The van der Waals surface area contributed by atoms with Gasteiger partial charge in [-0.15, -0.1) is 0 Å². The lowest BCUT2D eigenvalue weighted by Crippen LogP contribution is -2.16. The Morgan fingerprint density at radius 1 is 1.18 bits per heavy atom. The molecule has 63 valence electrons. The highest BCUT2D eigenvalue weighted by Gasteiger charge is 2.65. The molecule has 0 amide bonds. The monoisotopic (exact) mass is 151 g/mol. The summed E-state index contributed by atoms with van der Waals surface area (Å²) in [7, 11) is 2.51. The topological polar surface area (TPSA) is 0 Å². The first-order valence-corrected chi connectivity index (χ1v) is 4.64. The predicted octanol–water partition coefficient (Wildman–Crippen LogP) is 3.52. The van der Waals surface area contributed by atoms with Crippen molar-refractivity contribution in [1.29, 1.82) is 0 Å². The molecule has 2 unspecified atom stereocenters. The van der Waals surface area contributed by atoms with E-state index < -0.39 is 0 Å². The van der Waals surface area contributed by atoms with Gasteiger partial charge in [-0.2, -0.15) is 0 Å². The largest absolute Gasteiger partial charge is 0.125 e. The van der Waals surface area contributed by atoms with Crippen molar-refractivity contribution in [3.8, 4) is 0 Å². The van der Waals surface area contributed by atoms with Gasteiger partial charge in [0.2, 0.25) is 0 Å². The fraction of sp³-hybridized carbons (Fsp3) is 1.00. The van der Waals surface area contributed by atoms with Crippen molar-refractivity contribution in [2.24, 2.45) is 5.41 Å². The first kappa shape index (κ1) is 9.16. The molecule has 1 aliphatic heterocycles. The van der Waals surface area contributed by atoms with E-state index in [9.17, 15) is 0 Å². The molecular weight excluding hydrogens is 131 g/mol. The van der Waals surface area contributed by atoms with E-state index in [1.807, 2.05) is 0 Å². The van der Waals surface area contributed by atoms with Crippen molar-refractivity contribution in [3.05, 3.63) is 0 Å². The summed E-state index contributed by atoms with van der Waals surface area (Å²) in [6, 6.07) is 0. The van der Waals surface area contributed by atoms with Gasteiger partial charge in [-0.1, -0.05) is 58.6 Å². The zero-order valence-corrected chi connectivity index (χ0v) is 8.78.